The molecule has 3 aromatic rings. The van der Waals surface area contributed by atoms with Crippen LogP contribution in [0.15, 0.2) is 54.6 Å². The quantitative estimate of drug-likeness (QED) is 0.231. The molecule has 0 amide bonds. The Balaban J connectivity index is 1.96. The fraction of sp³-hybridized carbons (Fsp3) is 0.387. The molecule has 0 spiro atoms. The van der Waals surface area contributed by atoms with E-state index in [9.17, 15) is 40.6 Å². The molecule has 42 heavy (non-hydrogen) atoms. The molecule has 3 rings (SSSR count). The fourth-order valence-corrected chi connectivity index (χ4v) is 5.16. The fourth-order valence-electron chi connectivity index (χ4n) is 5.16. The molecule has 0 saturated carbocycles. The average molecular weight is 601 g/mol. The summed E-state index contributed by atoms with van der Waals surface area (Å²) in [5, 5.41) is 18.4. The van der Waals surface area contributed by atoms with Gasteiger partial charge in [-0.25, -0.2) is 4.39 Å². The van der Waals surface area contributed by atoms with Crippen LogP contribution in [0.25, 0.3) is 11.1 Å². The number of halogens is 7. The predicted octanol–water partition coefficient (Wildman–Crippen LogP) is 8.08. The van der Waals surface area contributed by atoms with Gasteiger partial charge in [0.25, 0.3) is 5.60 Å². The summed E-state index contributed by atoms with van der Waals surface area (Å²) in [6.45, 7) is 5.20. The van der Waals surface area contributed by atoms with Crippen LogP contribution in [-0.4, -0.2) is 40.7 Å². The van der Waals surface area contributed by atoms with E-state index >= 15 is 0 Å². The SMILES string of the molecule is CCC(CC)(c1ccc(OCC(O)(C(F)(F)F)C(F)(F)F)c(C)c1)c1ccc(-c2ccc(CC(=O)O)c(F)c2)c(C)c1. The maximum absolute atomic E-state index is 14.5. The van der Waals surface area contributed by atoms with Crippen LogP contribution in [0.2, 0.25) is 0 Å². The van der Waals surface area contributed by atoms with Crippen molar-refractivity contribution in [3.63, 3.8) is 0 Å². The van der Waals surface area contributed by atoms with Crippen molar-refractivity contribution < 1.29 is 50.5 Å². The summed E-state index contributed by atoms with van der Waals surface area (Å²) in [5.74, 6) is -2.00. The van der Waals surface area contributed by atoms with Crippen LogP contribution in [0.1, 0.15) is 54.5 Å². The molecule has 0 aliphatic carbocycles. The highest BCUT2D eigenvalue weighted by Gasteiger charge is 2.71. The van der Waals surface area contributed by atoms with Crippen LogP contribution in [0.3, 0.4) is 0 Å². The van der Waals surface area contributed by atoms with Crippen LogP contribution in [-0.2, 0) is 16.6 Å². The number of hydrogen-bond donors (Lipinski definition) is 2. The lowest BCUT2D eigenvalue weighted by atomic mass is 9.69. The van der Waals surface area contributed by atoms with Crippen molar-refractivity contribution in [2.24, 2.45) is 0 Å². The number of benzene rings is 3. The van der Waals surface area contributed by atoms with E-state index in [-0.39, 0.29) is 16.9 Å². The number of aryl methyl sites for hydroxylation is 2. The first-order chi connectivity index (χ1) is 19.4. The van der Waals surface area contributed by atoms with E-state index in [0.717, 1.165) is 22.3 Å². The third kappa shape index (κ3) is 6.25. The Morgan fingerprint density at radius 3 is 1.81 bits per heavy atom. The minimum absolute atomic E-state index is 0.0702. The number of carboxylic acids is 1. The summed E-state index contributed by atoms with van der Waals surface area (Å²) in [4.78, 5) is 11.0. The molecule has 4 nitrogen and oxygen atoms in total. The number of alkyl halides is 6. The van der Waals surface area contributed by atoms with Crippen molar-refractivity contribution in [3.8, 4) is 16.9 Å². The van der Waals surface area contributed by atoms with Crippen molar-refractivity contribution in [3.05, 3.63) is 88.2 Å². The molecular weight excluding hydrogens is 569 g/mol. The monoisotopic (exact) mass is 600 g/mol. The van der Waals surface area contributed by atoms with Crippen molar-refractivity contribution in [1.82, 2.24) is 0 Å². The normalized spacial score (nSPS) is 12.9. The van der Waals surface area contributed by atoms with Crippen molar-refractivity contribution >= 4 is 5.97 Å². The molecule has 0 radical (unpaired) electrons. The third-order valence-electron chi connectivity index (χ3n) is 7.79. The van der Waals surface area contributed by atoms with Crippen LogP contribution in [0, 0.1) is 19.7 Å². The number of carbonyl (C=O) groups is 1. The van der Waals surface area contributed by atoms with E-state index in [1.165, 1.54) is 25.1 Å². The Kier molecular flexibility index (Phi) is 9.36. The summed E-state index contributed by atoms with van der Waals surface area (Å²) in [6.07, 6.45) is -11.2. The Bertz CT molecular complexity index is 1430. The number of ether oxygens (including phenoxy) is 1. The van der Waals surface area contributed by atoms with Crippen LogP contribution >= 0.6 is 0 Å². The van der Waals surface area contributed by atoms with Gasteiger partial charge in [-0.15, -0.1) is 0 Å². The van der Waals surface area contributed by atoms with Gasteiger partial charge in [0.1, 0.15) is 18.2 Å². The van der Waals surface area contributed by atoms with Crippen LogP contribution in [0.5, 0.6) is 5.75 Å². The lowest BCUT2D eigenvalue weighted by molar-refractivity contribution is -0.373. The van der Waals surface area contributed by atoms with Gasteiger partial charge in [-0.2, -0.15) is 26.3 Å². The van der Waals surface area contributed by atoms with Gasteiger partial charge in [0.2, 0.25) is 0 Å². The zero-order chi connectivity index (χ0) is 31.7. The number of aliphatic carboxylic acids is 1. The average Bonchev–Trinajstić information content (AvgIpc) is 2.89. The Morgan fingerprint density at radius 1 is 0.810 bits per heavy atom. The second-order valence-corrected chi connectivity index (χ2v) is 10.3. The first-order valence-corrected chi connectivity index (χ1v) is 13.1. The van der Waals surface area contributed by atoms with Gasteiger partial charge in [0.15, 0.2) is 0 Å². The van der Waals surface area contributed by atoms with Gasteiger partial charge >= 0.3 is 18.3 Å². The zero-order valence-corrected chi connectivity index (χ0v) is 23.4. The molecule has 0 saturated heterocycles. The van der Waals surface area contributed by atoms with Crippen molar-refractivity contribution in [1.29, 1.82) is 0 Å². The summed E-state index contributed by atoms with van der Waals surface area (Å²) in [6, 6.07) is 14.5. The van der Waals surface area contributed by atoms with E-state index in [0.29, 0.717) is 18.4 Å². The van der Waals surface area contributed by atoms with E-state index < -0.39 is 48.2 Å². The summed E-state index contributed by atoms with van der Waals surface area (Å²) in [5.41, 5.74) is -1.47. The summed E-state index contributed by atoms with van der Waals surface area (Å²) >= 11 is 0. The van der Waals surface area contributed by atoms with Gasteiger partial charge < -0.3 is 14.9 Å². The second-order valence-electron chi connectivity index (χ2n) is 10.3. The highest BCUT2D eigenvalue weighted by atomic mass is 19.4. The molecule has 11 heteroatoms. The first kappa shape index (κ1) is 32.9. The molecule has 228 valence electrons. The maximum Gasteiger partial charge on any atom is 0.429 e. The molecule has 0 aromatic heterocycles. The van der Waals surface area contributed by atoms with Gasteiger partial charge in [-0.05, 0) is 77.8 Å². The van der Waals surface area contributed by atoms with E-state index in [4.69, 9.17) is 9.84 Å². The summed E-state index contributed by atoms with van der Waals surface area (Å²) < 4.78 is 97.8. The number of aliphatic hydroxyl groups is 1. The van der Waals surface area contributed by atoms with Crippen LogP contribution in [0.4, 0.5) is 30.7 Å². The second kappa shape index (κ2) is 11.9. The third-order valence-corrected chi connectivity index (χ3v) is 7.79. The minimum Gasteiger partial charge on any atom is -0.490 e. The van der Waals surface area contributed by atoms with E-state index in [2.05, 4.69) is 0 Å². The molecule has 0 unspecified atom stereocenters. The number of carboxylic acid groups (broad SMARTS) is 1. The molecule has 0 aliphatic heterocycles. The van der Waals surface area contributed by atoms with Gasteiger partial charge in [0, 0.05) is 5.41 Å². The largest absolute Gasteiger partial charge is 0.490 e. The molecule has 3 aromatic carbocycles. The number of rotatable bonds is 10. The molecule has 0 atom stereocenters. The predicted molar refractivity (Wildman–Crippen MR) is 143 cm³/mol. The highest BCUT2D eigenvalue weighted by molar-refractivity contribution is 5.72. The molecule has 0 fully saturated rings. The lowest BCUT2D eigenvalue weighted by Gasteiger charge is -2.35. The topological polar surface area (TPSA) is 66.8 Å². The summed E-state index contributed by atoms with van der Waals surface area (Å²) in [7, 11) is 0. The highest BCUT2D eigenvalue weighted by Crippen LogP contribution is 2.45. The standard InChI is InChI=1S/C31H31F7O4/c1-5-28(6-2,22-9-11-24(18(3)13-22)20-7-8-21(16-27(39)40)25(32)15-20)23-10-12-26(19(4)14-23)42-17-29(41,30(33,34)35)31(36,37)38/h7-15,41H,5-6,16-17H2,1-4H3,(H,39,40). The van der Waals surface area contributed by atoms with Crippen molar-refractivity contribution in [2.75, 3.05) is 6.61 Å². The lowest BCUT2D eigenvalue weighted by Crippen LogP contribution is -2.60. The molecular formula is C31H31F7O4. The first-order valence-electron chi connectivity index (χ1n) is 13.1. The van der Waals surface area contributed by atoms with Gasteiger partial charge in [-0.1, -0.05) is 56.3 Å². The van der Waals surface area contributed by atoms with Crippen LogP contribution < -0.4 is 4.74 Å². The van der Waals surface area contributed by atoms with Gasteiger partial charge in [0.05, 0.1) is 6.42 Å². The smallest absolute Gasteiger partial charge is 0.429 e. The molecule has 0 heterocycles. The Hall–Kier alpha value is -3.60. The molecule has 0 aliphatic rings. The Labute approximate surface area is 238 Å². The van der Waals surface area contributed by atoms with Crippen molar-refractivity contribution in [2.45, 2.75) is 70.3 Å². The van der Waals surface area contributed by atoms with Gasteiger partial charge in [-0.3, -0.25) is 4.79 Å². The molecule has 0 bridgehead atoms. The minimum atomic E-state index is -5.99. The Morgan fingerprint density at radius 2 is 1.36 bits per heavy atom. The molecule has 2 N–H and O–H groups in total. The van der Waals surface area contributed by atoms with E-state index in [1.54, 1.807) is 18.2 Å². The number of hydrogen-bond acceptors (Lipinski definition) is 3. The van der Waals surface area contributed by atoms with E-state index in [1.807, 2.05) is 39.0 Å². The zero-order valence-electron chi connectivity index (χ0n) is 23.4. The maximum atomic E-state index is 14.5.